The number of rotatable bonds is 3. The molecule has 116 valence electrons. The van der Waals surface area contributed by atoms with Gasteiger partial charge in [-0.15, -0.1) is 0 Å². The number of carbonyl (C=O) groups excluding carboxylic acids is 1. The van der Waals surface area contributed by atoms with Crippen molar-refractivity contribution >= 4 is 5.91 Å². The fourth-order valence-electron chi connectivity index (χ4n) is 2.73. The lowest BCUT2D eigenvalue weighted by molar-refractivity contribution is -0.138. The lowest BCUT2D eigenvalue weighted by atomic mass is 9.84. The highest BCUT2D eigenvalue weighted by molar-refractivity contribution is 5.76. The van der Waals surface area contributed by atoms with Gasteiger partial charge in [0, 0.05) is 43.7 Å². The number of nitrogens with zero attached hydrogens (tertiary/aromatic N) is 2. The number of carbonyl (C=O) groups is 1. The predicted octanol–water partition coefficient (Wildman–Crippen LogP) is 1.17. The van der Waals surface area contributed by atoms with Crippen molar-refractivity contribution in [1.82, 2.24) is 9.47 Å². The maximum Gasteiger partial charge on any atom is 0.250 e. The van der Waals surface area contributed by atoms with Gasteiger partial charge in [-0.1, -0.05) is 13.0 Å². The Balaban J connectivity index is 1.96. The van der Waals surface area contributed by atoms with Gasteiger partial charge in [-0.3, -0.25) is 9.59 Å². The molecular formula is C16H24N2O3. The molecule has 1 aromatic heterocycles. The summed E-state index contributed by atoms with van der Waals surface area (Å²) in [7, 11) is 0. The van der Waals surface area contributed by atoms with Crippen LogP contribution in [0.1, 0.15) is 32.4 Å². The van der Waals surface area contributed by atoms with Crippen LogP contribution in [0.3, 0.4) is 0 Å². The summed E-state index contributed by atoms with van der Waals surface area (Å²) in [5, 5.41) is 10.1. The highest BCUT2D eigenvalue weighted by atomic mass is 16.3. The molecule has 0 aromatic carbocycles. The number of amides is 1. The zero-order valence-corrected chi connectivity index (χ0v) is 13.0. The van der Waals surface area contributed by atoms with Crippen LogP contribution < -0.4 is 5.56 Å². The first kappa shape index (κ1) is 15.8. The molecule has 1 aliphatic rings. The standard InChI is InChI=1S/C16H24N2O3/c1-12-11-17(10-8-16(12,3)21)14(19)7-9-18-13(2)5-4-6-15(18)20/h4-6,12,21H,7-11H2,1-3H3/t12-,16+/m1/s1. The van der Waals surface area contributed by atoms with Crippen molar-refractivity contribution in [3.63, 3.8) is 0 Å². The fraction of sp³-hybridized carbons (Fsp3) is 0.625. The molecule has 1 fully saturated rings. The molecule has 0 radical (unpaired) electrons. The maximum absolute atomic E-state index is 12.3. The molecule has 1 aliphatic heterocycles. The second kappa shape index (κ2) is 6.02. The van der Waals surface area contributed by atoms with Crippen LogP contribution in [-0.2, 0) is 11.3 Å². The summed E-state index contributed by atoms with van der Waals surface area (Å²) >= 11 is 0. The lowest BCUT2D eigenvalue weighted by Gasteiger charge is -2.41. The van der Waals surface area contributed by atoms with Gasteiger partial charge in [0.25, 0.3) is 5.56 Å². The average molecular weight is 292 g/mol. The first-order valence-electron chi connectivity index (χ1n) is 7.48. The van der Waals surface area contributed by atoms with E-state index >= 15 is 0 Å². The number of piperidine rings is 1. The highest BCUT2D eigenvalue weighted by Gasteiger charge is 2.35. The fourth-order valence-corrected chi connectivity index (χ4v) is 2.73. The number of aryl methyl sites for hydroxylation is 1. The maximum atomic E-state index is 12.3. The molecule has 5 nitrogen and oxygen atoms in total. The number of likely N-dealkylation sites (tertiary alicyclic amines) is 1. The van der Waals surface area contributed by atoms with Crippen LogP contribution in [-0.4, -0.2) is 39.2 Å². The van der Waals surface area contributed by atoms with E-state index in [4.69, 9.17) is 0 Å². The summed E-state index contributed by atoms with van der Waals surface area (Å²) < 4.78 is 1.63. The van der Waals surface area contributed by atoms with E-state index in [0.717, 1.165) is 5.69 Å². The molecule has 0 aliphatic carbocycles. The summed E-state index contributed by atoms with van der Waals surface area (Å²) in [6, 6.07) is 5.11. The summed E-state index contributed by atoms with van der Waals surface area (Å²) in [5.41, 5.74) is 0.104. The van der Waals surface area contributed by atoms with Gasteiger partial charge in [0.15, 0.2) is 0 Å². The quantitative estimate of drug-likeness (QED) is 0.909. The number of pyridine rings is 1. The van der Waals surface area contributed by atoms with Gasteiger partial charge in [-0.05, 0) is 26.3 Å². The molecule has 2 heterocycles. The Kier molecular flexibility index (Phi) is 4.52. The lowest BCUT2D eigenvalue weighted by Crippen LogP contribution is -2.51. The van der Waals surface area contributed by atoms with Crippen LogP contribution in [0.25, 0.3) is 0 Å². The Hall–Kier alpha value is -1.62. The summed E-state index contributed by atoms with van der Waals surface area (Å²) in [5.74, 6) is 0.115. The number of aliphatic hydroxyl groups is 1. The number of hydrogen-bond acceptors (Lipinski definition) is 3. The van der Waals surface area contributed by atoms with Gasteiger partial charge in [-0.25, -0.2) is 0 Å². The van der Waals surface area contributed by atoms with Gasteiger partial charge in [-0.2, -0.15) is 0 Å². The Morgan fingerprint density at radius 2 is 2.19 bits per heavy atom. The van der Waals surface area contributed by atoms with E-state index in [1.54, 1.807) is 15.5 Å². The first-order valence-corrected chi connectivity index (χ1v) is 7.48. The third-order valence-corrected chi connectivity index (χ3v) is 4.61. The van der Waals surface area contributed by atoms with Crippen molar-refractivity contribution in [3.8, 4) is 0 Å². The minimum atomic E-state index is -0.691. The average Bonchev–Trinajstić information content (AvgIpc) is 2.41. The predicted molar refractivity (Wildman–Crippen MR) is 81.0 cm³/mol. The van der Waals surface area contributed by atoms with Gasteiger partial charge < -0.3 is 14.6 Å². The summed E-state index contributed by atoms with van der Waals surface area (Å²) in [6.45, 7) is 7.22. The zero-order chi connectivity index (χ0) is 15.6. The van der Waals surface area contributed by atoms with Crippen molar-refractivity contribution in [1.29, 1.82) is 0 Å². The SMILES string of the molecule is Cc1cccc(=O)n1CCC(=O)N1CC[C@](C)(O)[C@H](C)C1. The first-order chi connectivity index (χ1) is 9.81. The second-order valence-electron chi connectivity index (χ2n) is 6.26. The molecule has 5 heteroatoms. The van der Waals surface area contributed by atoms with E-state index in [1.165, 1.54) is 6.07 Å². The molecule has 0 bridgehead atoms. The van der Waals surface area contributed by atoms with Crippen molar-refractivity contribution in [3.05, 3.63) is 34.2 Å². The molecule has 1 amide bonds. The number of aromatic nitrogens is 1. The Morgan fingerprint density at radius 1 is 1.48 bits per heavy atom. The molecule has 2 atom stereocenters. The largest absolute Gasteiger partial charge is 0.390 e. The Bertz CT molecular complexity index is 577. The van der Waals surface area contributed by atoms with Gasteiger partial charge >= 0.3 is 0 Å². The second-order valence-corrected chi connectivity index (χ2v) is 6.26. The van der Waals surface area contributed by atoms with Crippen molar-refractivity contribution < 1.29 is 9.90 Å². The van der Waals surface area contributed by atoms with Crippen molar-refractivity contribution in [2.45, 2.75) is 45.8 Å². The molecule has 1 aromatic rings. The summed E-state index contributed by atoms with van der Waals surface area (Å²) in [6.07, 6.45) is 0.920. The van der Waals surface area contributed by atoms with Crippen molar-refractivity contribution in [2.75, 3.05) is 13.1 Å². The minimum absolute atomic E-state index is 0.0486. The van der Waals surface area contributed by atoms with Crippen molar-refractivity contribution in [2.24, 2.45) is 5.92 Å². The molecule has 21 heavy (non-hydrogen) atoms. The topological polar surface area (TPSA) is 62.5 Å². The van der Waals surface area contributed by atoms with Gasteiger partial charge in [0.1, 0.15) is 0 Å². The molecule has 0 saturated carbocycles. The third-order valence-electron chi connectivity index (χ3n) is 4.61. The summed E-state index contributed by atoms with van der Waals surface area (Å²) in [4.78, 5) is 25.8. The van der Waals surface area contributed by atoms with Crippen LogP contribution in [0.5, 0.6) is 0 Å². The highest BCUT2D eigenvalue weighted by Crippen LogP contribution is 2.27. The molecule has 0 unspecified atom stereocenters. The molecule has 2 rings (SSSR count). The van der Waals surface area contributed by atoms with E-state index in [9.17, 15) is 14.7 Å². The monoisotopic (exact) mass is 292 g/mol. The van der Waals surface area contributed by atoms with E-state index < -0.39 is 5.60 Å². The molecule has 1 saturated heterocycles. The normalized spacial score (nSPS) is 25.9. The Labute approximate surface area is 125 Å². The van der Waals surface area contributed by atoms with Crippen LogP contribution >= 0.6 is 0 Å². The van der Waals surface area contributed by atoms with Crippen LogP contribution in [0.4, 0.5) is 0 Å². The minimum Gasteiger partial charge on any atom is -0.390 e. The van der Waals surface area contributed by atoms with Crippen LogP contribution in [0, 0.1) is 12.8 Å². The van der Waals surface area contributed by atoms with E-state index in [1.807, 2.05) is 26.8 Å². The zero-order valence-electron chi connectivity index (χ0n) is 13.0. The van der Waals surface area contributed by atoms with E-state index in [-0.39, 0.29) is 17.4 Å². The number of hydrogen-bond donors (Lipinski definition) is 1. The smallest absolute Gasteiger partial charge is 0.250 e. The van der Waals surface area contributed by atoms with Crippen LogP contribution in [0.15, 0.2) is 23.0 Å². The third kappa shape index (κ3) is 3.53. The van der Waals surface area contributed by atoms with Crippen LogP contribution in [0.2, 0.25) is 0 Å². The van der Waals surface area contributed by atoms with E-state index in [0.29, 0.717) is 32.5 Å². The molecule has 0 spiro atoms. The van der Waals surface area contributed by atoms with Gasteiger partial charge in [0.2, 0.25) is 5.91 Å². The molecular weight excluding hydrogens is 268 g/mol. The Morgan fingerprint density at radius 3 is 2.81 bits per heavy atom. The van der Waals surface area contributed by atoms with Gasteiger partial charge in [0.05, 0.1) is 5.60 Å². The van der Waals surface area contributed by atoms with E-state index in [2.05, 4.69) is 0 Å². The molecule has 1 N–H and O–H groups in total.